The number of hydrogen-bond acceptors (Lipinski definition) is 4. The Bertz CT molecular complexity index is 492. The van der Waals surface area contributed by atoms with Gasteiger partial charge in [0, 0.05) is 12.5 Å². The summed E-state index contributed by atoms with van der Waals surface area (Å²) in [5, 5.41) is 0. The van der Waals surface area contributed by atoms with Gasteiger partial charge in [-0.15, -0.1) is 0 Å². The van der Waals surface area contributed by atoms with Crippen LogP contribution in [0.1, 0.15) is 18.0 Å². The fraction of sp³-hybridized carbons (Fsp3) is 0.200. The van der Waals surface area contributed by atoms with Gasteiger partial charge in [0.15, 0.2) is 12.0 Å². The van der Waals surface area contributed by atoms with Crippen LogP contribution in [0.3, 0.4) is 0 Å². The Morgan fingerprint density at radius 1 is 1.53 bits per heavy atom. The molecule has 0 fully saturated rings. The van der Waals surface area contributed by atoms with E-state index in [4.69, 9.17) is 15.9 Å². The second kappa shape index (κ2) is 3.70. The van der Waals surface area contributed by atoms with Crippen molar-refractivity contribution in [1.82, 2.24) is 4.98 Å². The van der Waals surface area contributed by atoms with Crippen LogP contribution in [-0.2, 0) is 4.79 Å². The Hall–Kier alpha value is -1.88. The molecular weight excluding hydrogens is 194 g/mol. The molecule has 1 aromatic carbocycles. The van der Waals surface area contributed by atoms with Crippen LogP contribution >= 0.6 is 0 Å². The molecule has 2 aromatic rings. The van der Waals surface area contributed by atoms with Crippen LogP contribution in [-0.4, -0.2) is 10.9 Å². The second-order valence-corrected chi connectivity index (χ2v) is 3.36. The molecule has 0 radical (unpaired) electrons. The first-order chi connectivity index (χ1) is 7.16. The number of aromatic nitrogens is 1. The van der Waals surface area contributed by atoms with Gasteiger partial charge in [-0.05, 0) is 17.7 Å². The fourth-order valence-electron chi connectivity index (χ4n) is 1.44. The number of carbonyl (C=O) groups is 1. The van der Waals surface area contributed by atoms with Crippen LogP contribution in [0.25, 0.3) is 11.1 Å². The maximum atomic E-state index is 10.7. The molecule has 78 valence electrons. The highest BCUT2D eigenvalue weighted by Gasteiger charge is 2.10. The smallest absolute Gasteiger partial charge is 0.219 e. The zero-order valence-corrected chi connectivity index (χ0v) is 8.01. The van der Waals surface area contributed by atoms with Crippen molar-refractivity contribution in [3.63, 3.8) is 0 Å². The van der Waals surface area contributed by atoms with Crippen LogP contribution in [0, 0.1) is 0 Å². The lowest BCUT2D eigenvalue weighted by Crippen LogP contribution is -2.20. The molecule has 0 spiro atoms. The predicted molar refractivity (Wildman–Crippen MR) is 54.7 cm³/mol. The Morgan fingerprint density at radius 3 is 3.07 bits per heavy atom. The van der Waals surface area contributed by atoms with Gasteiger partial charge in [-0.2, -0.15) is 0 Å². The lowest BCUT2D eigenvalue weighted by Gasteiger charge is -2.08. The highest BCUT2D eigenvalue weighted by Crippen LogP contribution is 2.19. The number of amides is 1. The zero-order valence-electron chi connectivity index (χ0n) is 8.01. The lowest BCUT2D eigenvalue weighted by atomic mass is 10.0. The van der Waals surface area contributed by atoms with Crippen LogP contribution in [0.4, 0.5) is 0 Å². The van der Waals surface area contributed by atoms with E-state index in [9.17, 15) is 4.79 Å². The molecule has 0 aliphatic heterocycles. The molecule has 0 saturated heterocycles. The number of primary amides is 1. The quantitative estimate of drug-likeness (QED) is 0.771. The topological polar surface area (TPSA) is 95.1 Å². The Morgan fingerprint density at radius 2 is 2.33 bits per heavy atom. The van der Waals surface area contributed by atoms with E-state index in [1.807, 2.05) is 6.07 Å². The molecule has 1 unspecified atom stereocenters. The van der Waals surface area contributed by atoms with Crippen molar-refractivity contribution in [2.75, 3.05) is 0 Å². The van der Waals surface area contributed by atoms with Gasteiger partial charge in [0.25, 0.3) is 0 Å². The SMILES string of the molecule is NC(=O)CC(N)c1ccc2ncoc2c1. The summed E-state index contributed by atoms with van der Waals surface area (Å²) in [6.45, 7) is 0. The van der Waals surface area contributed by atoms with Gasteiger partial charge in [0.1, 0.15) is 5.52 Å². The Kier molecular flexibility index (Phi) is 2.39. The molecule has 2 rings (SSSR count). The maximum absolute atomic E-state index is 10.7. The van der Waals surface area contributed by atoms with Gasteiger partial charge in [-0.3, -0.25) is 4.79 Å². The highest BCUT2D eigenvalue weighted by molar-refractivity contribution is 5.76. The largest absolute Gasteiger partial charge is 0.443 e. The minimum Gasteiger partial charge on any atom is -0.443 e. The van der Waals surface area contributed by atoms with Gasteiger partial charge in [0.05, 0.1) is 0 Å². The number of nitrogens with zero attached hydrogens (tertiary/aromatic N) is 1. The molecule has 1 atom stereocenters. The molecule has 0 aliphatic rings. The van der Waals surface area contributed by atoms with Crippen molar-refractivity contribution in [2.24, 2.45) is 11.5 Å². The van der Waals surface area contributed by atoms with Crippen molar-refractivity contribution >= 4 is 17.0 Å². The van der Waals surface area contributed by atoms with Crippen molar-refractivity contribution in [1.29, 1.82) is 0 Å². The molecular formula is C10H11N3O2. The first kappa shape index (κ1) is 9.67. The first-order valence-corrected chi connectivity index (χ1v) is 4.54. The van der Waals surface area contributed by atoms with E-state index in [0.29, 0.717) is 5.58 Å². The van der Waals surface area contributed by atoms with Gasteiger partial charge in [-0.1, -0.05) is 6.07 Å². The number of fused-ring (bicyclic) bond motifs is 1. The van der Waals surface area contributed by atoms with Crippen LogP contribution in [0.15, 0.2) is 29.0 Å². The average molecular weight is 205 g/mol. The van der Waals surface area contributed by atoms with Crippen molar-refractivity contribution in [3.05, 3.63) is 30.2 Å². The number of nitrogens with two attached hydrogens (primary N) is 2. The summed E-state index contributed by atoms with van der Waals surface area (Å²) in [5.74, 6) is -0.417. The van der Waals surface area contributed by atoms with Gasteiger partial charge in [-0.25, -0.2) is 4.98 Å². The van der Waals surface area contributed by atoms with Crippen LogP contribution in [0.5, 0.6) is 0 Å². The van der Waals surface area contributed by atoms with Gasteiger partial charge >= 0.3 is 0 Å². The molecule has 1 aromatic heterocycles. The molecule has 1 amide bonds. The minimum atomic E-state index is -0.417. The molecule has 1 heterocycles. The molecule has 5 heteroatoms. The summed E-state index contributed by atoms with van der Waals surface area (Å²) in [7, 11) is 0. The average Bonchev–Trinajstić information content (AvgIpc) is 2.62. The summed E-state index contributed by atoms with van der Waals surface area (Å²) in [6, 6.07) is 5.00. The second-order valence-electron chi connectivity index (χ2n) is 3.36. The summed E-state index contributed by atoms with van der Waals surface area (Å²) >= 11 is 0. The fourth-order valence-corrected chi connectivity index (χ4v) is 1.44. The number of hydrogen-bond donors (Lipinski definition) is 2. The normalized spacial score (nSPS) is 12.9. The molecule has 0 bridgehead atoms. The predicted octanol–water partition coefficient (Wildman–Crippen LogP) is 0.703. The van der Waals surface area contributed by atoms with E-state index in [1.54, 1.807) is 12.1 Å². The summed E-state index contributed by atoms with van der Waals surface area (Å²) < 4.78 is 5.13. The Balaban J connectivity index is 2.30. The van der Waals surface area contributed by atoms with Gasteiger partial charge < -0.3 is 15.9 Å². The third-order valence-electron chi connectivity index (χ3n) is 2.20. The van der Waals surface area contributed by atoms with Crippen LogP contribution in [0.2, 0.25) is 0 Å². The number of rotatable bonds is 3. The van der Waals surface area contributed by atoms with Crippen molar-refractivity contribution < 1.29 is 9.21 Å². The number of benzene rings is 1. The molecule has 15 heavy (non-hydrogen) atoms. The molecule has 0 saturated carbocycles. The standard InChI is InChI=1S/C10H11N3O2/c11-7(4-10(12)14)6-1-2-8-9(3-6)15-5-13-8/h1-3,5,7H,4,11H2,(H2,12,14). The van der Waals surface area contributed by atoms with E-state index in [0.717, 1.165) is 11.1 Å². The van der Waals surface area contributed by atoms with E-state index >= 15 is 0 Å². The van der Waals surface area contributed by atoms with Crippen LogP contribution < -0.4 is 11.5 Å². The first-order valence-electron chi connectivity index (χ1n) is 4.54. The third kappa shape index (κ3) is 1.97. The number of oxazole rings is 1. The molecule has 0 aliphatic carbocycles. The van der Waals surface area contributed by atoms with E-state index in [2.05, 4.69) is 4.98 Å². The van der Waals surface area contributed by atoms with Gasteiger partial charge in [0.2, 0.25) is 5.91 Å². The highest BCUT2D eigenvalue weighted by atomic mass is 16.3. The maximum Gasteiger partial charge on any atom is 0.219 e. The summed E-state index contributed by atoms with van der Waals surface area (Å²) in [6.07, 6.45) is 1.49. The van der Waals surface area contributed by atoms with E-state index < -0.39 is 11.9 Å². The molecule has 5 nitrogen and oxygen atoms in total. The van der Waals surface area contributed by atoms with Crippen molar-refractivity contribution in [3.8, 4) is 0 Å². The summed E-state index contributed by atoms with van der Waals surface area (Å²) in [4.78, 5) is 14.7. The Labute approximate surface area is 86.1 Å². The minimum absolute atomic E-state index is 0.125. The summed E-state index contributed by atoms with van der Waals surface area (Å²) in [5.41, 5.74) is 13.1. The lowest BCUT2D eigenvalue weighted by molar-refractivity contribution is -0.118. The van der Waals surface area contributed by atoms with E-state index in [1.165, 1.54) is 6.39 Å². The monoisotopic (exact) mass is 205 g/mol. The van der Waals surface area contributed by atoms with E-state index in [-0.39, 0.29) is 6.42 Å². The number of carbonyl (C=O) groups excluding carboxylic acids is 1. The molecule has 4 N–H and O–H groups in total. The zero-order chi connectivity index (χ0) is 10.8. The third-order valence-corrected chi connectivity index (χ3v) is 2.20. The van der Waals surface area contributed by atoms with Crippen molar-refractivity contribution in [2.45, 2.75) is 12.5 Å².